The van der Waals surface area contributed by atoms with E-state index in [2.05, 4.69) is 27.2 Å². The molecular weight excluding hydrogens is 328 g/mol. The average molecular weight is 352 g/mol. The third-order valence-corrected chi connectivity index (χ3v) is 4.34. The summed E-state index contributed by atoms with van der Waals surface area (Å²) in [6.45, 7) is 2.39. The quantitative estimate of drug-likeness (QED) is 0.420. The summed E-state index contributed by atoms with van der Waals surface area (Å²) in [5.74, 6) is 0.639. The van der Waals surface area contributed by atoms with E-state index < -0.39 is 31.1 Å². The molecule has 1 fully saturated rings. The van der Waals surface area contributed by atoms with E-state index in [0.29, 0.717) is 23.7 Å². The van der Waals surface area contributed by atoms with Crippen molar-refractivity contribution in [1.82, 2.24) is 19.5 Å². The lowest BCUT2D eigenvalue weighted by Crippen LogP contribution is -2.33. The predicted octanol–water partition coefficient (Wildman–Crippen LogP) is -0.378. The highest BCUT2D eigenvalue weighted by molar-refractivity contribution is 5.84. The second-order valence-corrected chi connectivity index (χ2v) is 6.10. The number of imidazole rings is 1. The monoisotopic (exact) mass is 352 g/mol. The van der Waals surface area contributed by atoms with Crippen molar-refractivity contribution in [2.75, 3.05) is 24.2 Å². The Hall–Kier alpha value is -2.01. The largest absolute Gasteiger partial charge is 0.394 e. The third-order valence-electron chi connectivity index (χ3n) is 4.34. The van der Waals surface area contributed by atoms with Gasteiger partial charge in [-0.2, -0.15) is 0 Å². The summed E-state index contributed by atoms with van der Waals surface area (Å²) in [5.41, 5.74) is 6.66. The van der Waals surface area contributed by atoms with Crippen LogP contribution in [0.15, 0.2) is 6.33 Å². The minimum absolute atomic E-state index is 0.215. The first-order chi connectivity index (χ1) is 12.1. The Labute approximate surface area is 144 Å². The topological polar surface area (TPSA) is 152 Å². The normalized spacial score (nSPS) is 26.4. The molecule has 0 amide bonds. The van der Waals surface area contributed by atoms with Gasteiger partial charge in [0.15, 0.2) is 23.2 Å². The lowest BCUT2D eigenvalue weighted by atomic mass is 10.1. The minimum atomic E-state index is -1.23. The summed E-state index contributed by atoms with van der Waals surface area (Å²) >= 11 is 0. The highest BCUT2D eigenvalue weighted by Gasteiger charge is 2.45. The van der Waals surface area contributed by atoms with Crippen LogP contribution in [0.5, 0.6) is 0 Å². The summed E-state index contributed by atoms with van der Waals surface area (Å²) in [6.07, 6.45) is 0.148. The summed E-state index contributed by atoms with van der Waals surface area (Å²) in [5, 5.41) is 32.9. The first kappa shape index (κ1) is 17.8. The van der Waals surface area contributed by atoms with Crippen molar-refractivity contribution >= 4 is 22.9 Å². The number of nitrogens with two attached hydrogens (primary N) is 1. The van der Waals surface area contributed by atoms with Crippen molar-refractivity contribution in [2.24, 2.45) is 0 Å². The second-order valence-electron chi connectivity index (χ2n) is 6.10. The molecule has 1 saturated heterocycles. The van der Waals surface area contributed by atoms with Crippen molar-refractivity contribution in [3.63, 3.8) is 0 Å². The van der Waals surface area contributed by atoms with E-state index in [1.165, 1.54) is 6.33 Å². The van der Waals surface area contributed by atoms with Gasteiger partial charge in [0.1, 0.15) is 24.6 Å². The number of hydrogen-bond donors (Lipinski definition) is 5. The van der Waals surface area contributed by atoms with Crippen LogP contribution in [0, 0.1) is 0 Å². The number of rotatable bonds is 7. The molecule has 0 bridgehead atoms. The standard InChI is InChI=1S/C15H24N6O4/c1-2-3-4-5-17-15-20-9-12(16)18-7-19-13(9)21(15)14-11(24)10(23)8(6-22)25-14/h7-8,10-11,14,22-24H,2-6H2,1H3,(H,17,20)(H2,16,18,19)/t8-,10?,11?,14-/m1/s1. The maximum Gasteiger partial charge on any atom is 0.207 e. The number of nitrogen functional groups attached to an aromatic ring is 1. The van der Waals surface area contributed by atoms with E-state index in [0.717, 1.165) is 19.3 Å². The molecule has 3 rings (SSSR count). The summed E-state index contributed by atoms with van der Waals surface area (Å²) < 4.78 is 7.19. The van der Waals surface area contributed by atoms with Crippen molar-refractivity contribution in [3.8, 4) is 0 Å². The van der Waals surface area contributed by atoms with Crippen LogP contribution in [0.3, 0.4) is 0 Å². The van der Waals surface area contributed by atoms with Crippen LogP contribution in [0.2, 0.25) is 0 Å². The Morgan fingerprint density at radius 3 is 2.76 bits per heavy atom. The van der Waals surface area contributed by atoms with Gasteiger partial charge in [0.05, 0.1) is 6.61 Å². The molecule has 2 unspecified atom stereocenters. The number of ether oxygens (including phenoxy) is 1. The molecule has 10 heteroatoms. The van der Waals surface area contributed by atoms with Gasteiger partial charge in [-0.25, -0.2) is 15.0 Å². The second kappa shape index (κ2) is 7.48. The molecule has 1 aliphatic rings. The van der Waals surface area contributed by atoms with Crippen LogP contribution in [0.1, 0.15) is 32.4 Å². The average Bonchev–Trinajstić information content (AvgIpc) is 3.11. The molecule has 3 heterocycles. The molecule has 0 spiro atoms. The first-order valence-corrected chi connectivity index (χ1v) is 8.43. The number of aromatic nitrogens is 4. The molecule has 0 aromatic carbocycles. The fraction of sp³-hybridized carbons (Fsp3) is 0.667. The van der Waals surface area contributed by atoms with E-state index in [-0.39, 0.29) is 5.82 Å². The van der Waals surface area contributed by atoms with E-state index in [9.17, 15) is 15.3 Å². The van der Waals surface area contributed by atoms with Crippen LogP contribution in [0.4, 0.5) is 11.8 Å². The first-order valence-electron chi connectivity index (χ1n) is 8.43. The molecule has 0 radical (unpaired) electrons. The molecule has 4 atom stereocenters. The summed E-state index contributed by atoms with van der Waals surface area (Å²) in [4.78, 5) is 12.6. The van der Waals surface area contributed by atoms with Crippen LogP contribution in [0.25, 0.3) is 11.2 Å². The van der Waals surface area contributed by atoms with Gasteiger partial charge < -0.3 is 31.1 Å². The van der Waals surface area contributed by atoms with E-state index >= 15 is 0 Å². The molecular formula is C15H24N6O4. The lowest BCUT2D eigenvalue weighted by Gasteiger charge is -2.19. The van der Waals surface area contributed by atoms with Crippen LogP contribution < -0.4 is 11.1 Å². The fourth-order valence-electron chi connectivity index (χ4n) is 2.96. The smallest absolute Gasteiger partial charge is 0.207 e. The molecule has 138 valence electrons. The van der Waals surface area contributed by atoms with Crippen LogP contribution in [-0.2, 0) is 4.74 Å². The minimum Gasteiger partial charge on any atom is -0.394 e. The molecule has 10 nitrogen and oxygen atoms in total. The van der Waals surface area contributed by atoms with Gasteiger partial charge >= 0.3 is 0 Å². The van der Waals surface area contributed by atoms with Gasteiger partial charge in [0.2, 0.25) is 5.95 Å². The van der Waals surface area contributed by atoms with Crippen molar-refractivity contribution in [2.45, 2.75) is 50.7 Å². The molecule has 6 N–H and O–H groups in total. The molecule has 25 heavy (non-hydrogen) atoms. The Balaban J connectivity index is 1.98. The van der Waals surface area contributed by atoms with Gasteiger partial charge in [0.25, 0.3) is 0 Å². The van der Waals surface area contributed by atoms with Crippen molar-refractivity contribution in [1.29, 1.82) is 0 Å². The fourth-order valence-corrected chi connectivity index (χ4v) is 2.96. The Kier molecular flexibility index (Phi) is 5.33. The van der Waals surface area contributed by atoms with E-state index in [1.807, 2.05) is 0 Å². The maximum atomic E-state index is 10.4. The van der Waals surface area contributed by atoms with Gasteiger partial charge in [-0.1, -0.05) is 19.8 Å². The number of fused-ring (bicyclic) bond motifs is 1. The Morgan fingerprint density at radius 1 is 1.28 bits per heavy atom. The zero-order valence-corrected chi connectivity index (χ0v) is 14.0. The van der Waals surface area contributed by atoms with Gasteiger partial charge in [0, 0.05) is 6.54 Å². The molecule has 1 aliphatic heterocycles. The van der Waals surface area contributed by atoms with Crippen molar-refractivity contribution < 1.29 is 20.1 Å². The number of aliphatic hydroxyl groups is 3. The van der Waals surface area contributed by atoms with Crippen LogP contribution >= 0.6 is 0 Å². The van der Waals surface area contributed by atoms with Crippen molar-refractivity contribution in [3.05, 3.63) is 6.33 Å². The third kappa shape index (κ3) is 3.25. The highest BCUT2D eigenvalue weighted by atomic mass is 16.6. The predicted molar refractivity (Wildman–Crippen MR) is 90.8 cm³/mol. The molecule has 0 saturated carbocycles. The van der Waals surface area contributed by atoms with E-state index in [1.54, 1.807) is 4.57 Å². The zero-order chi connectivity index (χ0) is 18.0. The van der Waals surface area contributed by atoms with Gasteiger partial charge in [-0.3, -0.25) is 4.57 Å². The molecule has 2 aromatic rings. The number of unbranched alkanes of at least 4 members (excludes halogenated alkanes) is 2. The summed E-state index contributed by atoms with van der Waals surface area (Å²) in [6, 6.07) is 0. The Bertz CT molecular complexity index is 723. The number of anilines is 2. The number of nitrogens with zero attached hydrogens (tertiary/aromatic N) is 4. The molecule has 2 aromatic heterocycles. The SMILES string of the molecule is CCCCCNc1nc2c(N)ncnc2n1[C@@H]1O[C@H](CO)C(O)C1O. The molecule has 0 aliphatic carbocycles. The van der Waals surface area contributed by atoms with Gasteiger partial charge in [-0.05, 0) is 6.42 Å². The number of aliphatic hydroxyl groups excluding tert-OH is 3. The van der Waals surface area contributed by atoms with Crippen LogP contribution in [-0.4, -0.2) is 66.3 Å². The number of nitrogens with one attached hydrogen (secondary N) is 1. The Morgan fingerprint density at radius 2 is 2.08 bits per heavy atom. The highest BCUT2D eigenvalue weighted by Crippen LogP contribution is 2.35. The zero-order valence-electron chi connectivity index (χ0n) is 14.0. The van der Waals surface area contributed by atoms with Gasteiger partial charge in [-0.15, -0.1) is 0 Å². The maximum absolute atomic E-state index is 10.4. The summed E-state index contributed by atoms with van der Waals surface area (Å²) in [7, 11) is 0. The lowest BCUT2D eigenvalue weighted by molar-refractivity contribution is -0.0501. The van der Waals surface area contributed by atoms with E-state index in [4.69, 9.17) is 10.5 Å². The number of hydrogen-bond acceptors (Lipinski definition) is 9.